The Morgan fingerprint density at radius 3 is 2.44 bits per heavy atom. The molecule has 0 heterocycles. The third kappa shape index (κ3) is 4.50. The van der Waals surface area contributed by atoms with Crippen LogP contribution in [0.2, 0.25) is 0 Å². The molecule has 4 aliphatic rings. The first-order chi connectivity index (χ1) is 14.8. The van der Waals surface area contributed by atoms with Gasteiger partial charge in [0.1, 0.15) is 5.60 Å². The van der Waals surface area contributed by atoms with Crippen LogP contribution < -0.4 is 0 Å². The van der Waals surface area contributed by atoms with Crippen molar-refractivity contribution in [2.45, 2.75) is 76.9 Å². The minimum absolute atomic E-state index is 0. The molecule has 0 aromatic carbocycles. The van der Waals surface area contributed by atoms with Gasteiger partial charge in [0.05, 0.1) is 12.6 Å². The molecule has 0 spiro atoms. The lowest BCUT2D eigenvalue weighted by Gasteiger charge is -2.58. The number of rotatable bonds is 5. The van der Waals surface area contributed by atoms with Crippen LogP contribution >= 0.6 is 35.6 Å². The first-order valence-electron chi connectivity index (χ1n) is 12.2. The Balaban J connectivity index is 0.00000289. The van der Waals surface area contributed by atoms with Crippen molar-refractivity contribution in [2.24, 2.45) is 28.6 Å². The third-order valence-electron chi connectivity index (χ3n) is 9.63. The van der Waals surface area contributed by atoms with E-state index in [4.69, 9.17) is 23.2 Å². The van der Waals surface area contributed by atoms with Crippen molar-refractivity contribution in [2.75, 3.05) is 31.4 Å². The molecule has 32 heavy (non-hydrogen) atoms. The predicted molar refractivity (Wildman–Crippen MR) is 136 cm³/mol. The molecule has 3 saturated carbocycles. The van der Waals surface area contributed by atoms with E-state index in [1.54, 1.807) is 0 Å². The summed E-state index contributed by atoms with van der Waals surface area (Å²) in [5.41, 5.74) is 0.701. The third-order valence-corrected chi connectivity index (χ3v) is 9.97. The second kappa shape index (κ2) is 10.3. The number of allylic oxidation sites excluding steroid dienone is 1. The maximum Gasteiger partial charge on any atom is 0.131 e. The van der Waals surface area contributed by atoms with Gasteiger partial charge in [-0.05, 0) is 74.5 Å². The van der Waals surface area contributed by atoms with E-state index in [9.17, 15) is 10.2 Å². The number of halogens is 3. The highest BCUT2D eigenvalue weighted by Gasteiger charge is 2.63. The van der Waals surface area contributed by atoms with Gasteiger partial charge < -0.3 is 10.2 Å². The fourth-order valence-corrected chi connectivity index (χ4v) is 8.15. The summed E-state index contributed by atoms with van der Waals surface area (Å²) < 4.78 is 0. The summed E-state index contributed by atoms with van der Waals surface area (Å²) in [6.45, 7) is 6.91. The van der Waals surface area contributed by atoms with Crippen molar-refractivity contribution in [1.82, 2.24) is 4.90 Å². The number of hydrogen-bond donors (Lipinski definition) is 2. The monoisotopic (exact) mass is 503 g/mol. The molecule has 3 nitrogen and oxygen atoms in total. The van der Waals surface area contributed by atoms with Crippen molar-refractivity contribution < 1.29 is 10.2 Å². The van der Waals surface area contributed by atoms with Gasteiger partial charge in [-0.1, -0.05) is 37.3 Å². The van der Waals surface area contributed by atoms with Crippen molar-refractivity contribution in [3.8, 4) is 11.8 Å². The average Bonchev–Trinajstić information content (AvgIpc) is 3.00. The van der Waals surface area contributed by atoms with Crippen molar-refractivity contribution in [1.29, 1.82) is 0 Å². The van der Waals surface area contributed by atoms with E-state index < -0.39 is 5.60 Å². The maximum absolute atomic E-state index is 11.7. The van der Waals surface area contributed by atoms with Gasteiger partial charge in [-0.2, -0.15) is 0 Å². The van der Waals surface area contributed by atoms with Gasteiger partial charge in [-0.3, -0.25) is 4.90 Å². The minimum atomic E-state index is -0.899. The standard InChI is InChI=1S/C26H39Cl2NO2.ClH/c1-24-10-6-20(30)18-19(24)4-5-21-22(24)7-11-25(2)23(21)8-12-26(25,31)9-3-15-29(16-13-27)17-14-28;/h4,20-23,30-31H,5-8,10-18H2,1-2H3;1H. The normalized spacial score (nSPS) is 42.7. The van der Waals surface area contributed by atoms with Gasteiger partial charge in [-0.15, -0.1) is 35.6 Å². The number of nitrogens with zero attached hydrogens (tertiary/aromatic N) is 1. The highest BCUT2D eigenvalue weighted by molar-refractivity contribution is 6.18. The SMILES string of the molecule is CC12CCC(O)CC1=CCC1C2CCC2(C)C1CCC2(O)C#CCN(CCCl)CCCl.Cl. The van der Waals surface area contributed by atoms with Crippen LogP contribution in [0.25, 0.3) is 0 Å². The molecule has 0 aromatic heterocycles. The highest BCUT2D eigenvalue weighted by atomic mass is 35.5. The van der Waals surface area contributed by atoms with Crippen molar-refractivity contribution >= 4 is 35.6 Å². The summed E-state index contributed by atoms with van der Waals surface area (Å²) in [6.07, 6.45) is 10.3. The molecular weight excluding hydrogens is 465 g/mol. The first kappa shape index (κ1) is 26.7. The second-order valence-electron chi connectivity index (χ2n) is 11.0. The lowest BCUT2D eigenvalue weighted by molar-refractivity contribution is -0.0970. The number of alkyl halides is 2. The fraction of sp³-hybridized carbons (Fsp3) is 0.846. The molecule has 7 atom stereocenters. The molecule has 4 rings (SSSR count). The van der Waals surface area contributed by atoms with E-state index in [2.05, 4.69) is 36.7 Å². The molecule has 0 saturated heterocycles. The van der Waals surface area contributed by atoms with E-state index in [0.717, 1.165) is 64.5 Å². The molecule has 4 aliphatic carbocycles. The Morgan fingerprint density at radius 2 is 1.75 bits per heavy atom. The minimum Gasteiger partial charge on any atom is -0.393 e. The summed E-state index contributed by atoms with van der Waals surface area (Å²) in [5, 5.41) is 21.9. The van der Waals surface area contributed by atoms with Gasteiger partial charge in [0, 0.05) is 30.3 Å². The molecule has 0 amide bonds. The summed E-state index contributed by atoms with van der Waals surface area (Å²) in [5.74, 6) is 9.60. The Bertz CT molecular complexity index is 758. The van der Waals surface area contributed by atoms with Crippen molar-refractivity contribution in [3.63, 3.8) is 0 Å². The molecule has 3 fully saturated rings. The van der Waals surface area contributed by atoms with Crippen LogP contribution in [0.5, 0.6) is 0 Å². The molecule has 0 bridgehead atoms. The van der Waals surface area contributed by atoms with Gasteiger partial charge in [-0.25, -0.2) is 0 Å². The fourth-order valence-electron chi connectivity index (χ4n) is 7.67. The molecule has 6 heteroatoms. The van der Waals surface area contributed by atoms with Crippen LogP contribution in [0.1, 0.15) is 65.2 Å². The lowest BCUT2D eigenvalue weighted by atomic mass is 9.47. The molecule has 2 N–H and O–H groups in total. The predicted octanol–water partition coefficient (Wildman–Crippen LogP) is 5.25. The highest BCUT2D eigenvalue weighted by Crippen LogP contribution is 2.67. The average molecular weight is 505 g/mol. The zero-order valence-corrected chi connectivity index (χ0v) is 21.9. The summed E-state index contributed by atoms with van der Waals surface area (Å²) in [6, 6.07) is 0. The molecular formula is C26H40Cl3NO2. The van der Waals surface area contributed by atoms with E-state index in [-0.39, 0.29) is 29.3 Å². The van der Waals surface area contributed by atoms with Crippen LogP contribution in [0, 0.1) is 40.4 Å². The largest absolute Gasteiger partial charge is 0.393 e. The van der Waals surface area contributed by atoms with Crippen LogP contribution in [0.3, 0.4) is 0 Å². The molecule has 182 valence electrons. The summed E-state index contributed by atoms with van der Waals surface area (Å²) in [7, 11) is 0. The van der Waals surface area contributed by atoms with E-state index in [0.29, 0.717) is 36.1 Å². The molecule has 0 aliphatic heterocycles. The van der Waals surface area contributed by atoms with Crippen LogP contribution in [0.15, 0.2) is 11.6 Å². The Labute approximate surface area is 210 Å². The maximum atomic E-state index is 11.7. The topological polar surface area (TPSA) is 43.7 Å². The van der Waals surface area contributed by atoms with Gasteiger partial charge >= 0.3 is 0 Å². The number of hydrogen-bond acceptors (Lipinski definition) is 3. The van der Waals surface area contributed by atoms with Crippen LogP contribution in [-0.2, 0) is 0 Å². The van der Waals surface area contributed by atoms with E-state index >= 15 is 0 Å². The van der Waals surface area contributed by atoms with Crippen LogP contribution in [0.4, 0.5) is 0 Å². The zero-order chi connectivity index (χ0) is 22.3. The summed E-state index contributed by atoms with van der Waals surface area (Å²) >= 11 is 11.8. The Kier molecular flexibility index (Phi) is 8.62. The van der Waals surface area contributed by atoms with Gasteiger partial charge in [0.25, 0.3) is 0 Å². The van der Waals surface area contributed by atoms with Crippen LogP contribution in [-0.4, -0.2) is 58.2 Å². The number of aliphatic hydroxyl groups is 2. The van der Waals surface area contributed by atoms with E-state index in [1.165, 1.54) is 5.57 Å². The molecule has 0 radical (unpaired) electrons. The quantitative estimate of drug-likeness (QED) is 0.305. The van der Waals surface area contributed by atoms with Crippen molar-refractivity contribution in [3.05, 3.63) is 11.6 Å². The first-order valence-corrected chi connectivity index (χ1v) is 13.3. The van der Waals surface area contributed by atoms with Gasteiger partial charge in [0.2, 0.25) is 0 Å². The zero-order valence-electron chi connectivity index (χ0n) is 19.6. The van der Waals surface area contributed by atoms with Gasteiger partial charge in [0.15, 0.2) is 0 Å². The van der Waals surface area contributed by atoms with E-state index in [1.807, 2.05) is 0 Å². The number of aliphatic hydroxyl groups excluding tert-OH is 1. The second-order valence-corrected chi connectivity index (χ2v) is 11.7. The Hall–Kier alpha value is 0.0500. The number of fused-ring (bicyclic) bond motifs is 5. The summed E-state index contributed by atoms with van der Waals surface area (Å²) in [4.78, 5) is 2.16. The molecule has 7 unspecified atom stereocenters. The lowest BCUT2D eigenvalue weighted by Crippen LogP contribution is -2.54. The smallest absolute Gasteiger partial charge is 0.131 e. The molecule has 0 aromatic rings. The Morgan fingerprint density at radius 1 is 1.06 bits per heavy atom.